The molecule has 0 aliphatic heterocycles. The predicted octanol–water partition coefficient (Wildman–Crippen LogP) is 3.08. The van der Waals surface area contributed by atoms with Gasteiger partial charge < -0.3 is 11.1 Å². The van der Waals surface area contributed by atoms with Crippen LogP contribution in [0.2, 0.25) is 0 Å². The van der Waals surface area contributed by atoms with Crippen LogP contribution in [0.25, 0.3) is 0 Å². The molecule has 6 heteroatoms. The summed E-state index contributed by atoms with van der Waals surface area (Å²) in [7, 11) is 0. The molecule has 0 saturated carbocycles. The first-order chi connectivity index (χ1) is 11.8. The first-order valence-corrected chi connectivity index (χ1v) is 7.78. The summed E-state index contributed by atoms with van der Waals surface area (Å²) < 4.78 is 13.2. The van der Waals surface area contributed by atoms with Crippen LogP contribution in [0.15, 0.2) is 42.5 Å². The maximum Gasteiger partial charge on any atom is 0.249 e. The smallest absolute Gasteiger partial charge is 0.249 e. The number of hydrogen-bond donors (Lipinski definition) is 2. The van der Waals surface area contributed by atoms with E-state index in [9.17, 15) is 18.8 Å². The summed E-state index contributed by atoms with van der Waals surface area (Å²) in [6, 6.07) is 10.2. The number of nitrogens with two attached hydrogens (primary N) is 1. The third-order valence-electron chi connectivity index (χ3n) is 3.92. The fourth-order valence-electron chi connectivity index (χ4n) is 2.54. The Morgan fingerprint density at radius 3 is 2.48 bits per heavy atom. The summed E-state index contributed by atoms with van der Waals surface area (Å²) in [5, 5.41) is 2.68. The molecule has 2 aromatic rings. The molecule has 5 nitrogen and oxygen atoms in total. The highest BCUT2D eigenvalue weighted by atomic mass is 19.1. The Balaban J connectivity index is 2.06. The number of nitrogens with one attached hydrogen (secondary N) is 1. The Hall–Kier alpha value is -3.02. The van der Waals surface area contributed by atoms with Crippen molar-refractivity contribution in [1.29, 1.82) is 0 Å². The fraction of sp³-hybridized carbons (Fsp3) is 0.211. The zero-order chi connectivity index (χ0) is 18.6. The Kier molecular flexibility index (Phi) is 5.64. The molecule has 2 aromatic carbocycles. The van der Waals surface area contributed by atoms with E-state index in [4.69, 9.17) is 5.73 Å². The third-order valence-corrected chi connectivity index (χ3v) is 3.92. The molecule has 0 saturated heterocycles. The molecule has 2 rings (SSSR count). The van der Waals surface area contributed by atoms with Gasteiger partial charge in [0.1, 0.15) is 5.82 Å². The molecule has 25 heavy (non-hydrogen) atoms. The minimum absolute atomic E-state index is 0.0599. The van der Waals surface area contributed by atoms with E-state index in [-0.39, 0.29) is 23.7 Å². The van der Waals surface area contributed by atoms with Crippen molar-refractivity contribution in [3.63, 3.8) is 0 Å². The van der Waals surface area contributed by atoms with E-state index in [0.717, 1.165) is 6.07 Å². The van der Waals surface area contributed by atoms with Crippen LogP contribution in [0.3, 0.4) is 0 Å². The molecule has 130 valence electrons. The second-order valence-corrected chi connectivity index (χ2v) is 5.87. The number of amides is 2. The monoisotopic (exact) mass is 342 g/mol. The van der Waals surface area contributed by atoms with Crippen LogP contribution in [0.1, 0.15) is 39.6 Å². The Bertz CT molecular complexity index is 833. The van der Waals surface area contributed by atoms with E-state index in [1.807, 2.05) is 0 Å². The molecule has 0 aromatic heterocycles. The second kappa shape index (κ2) is 7.70. The van der Waals surface area contributed by atoms with Crippen molar-refractivity contribution in [2.75, 3.05) is 5.32 Å². The quantitative estimate of drug-likeness (QED) is 0.791. The van der Waals surface area contributed by atoms with Gasteiger partial charge in [-0.15, -0.1) is 0 Å². The van der Waals surface area contributed by atoms with Gasteiger partial charge in [-0.25, -0.2) is 4.39 Å². The fourth-order valence-corrected chi connectivity index (χ4v) is 2.54. The summed E-state index contributed by atoms with van der Waals surface area (Å²) in [5.74, 6) is -2.37. The molecule has 0 bridgehead atoms. The molecular weight excluding hydrogens is 323 g/mol. The van der Waals surface area contributed by atoms with Gasteiger partial charge in [-0.05, 0) is 36.8 Å². The van der Waals surface area contributed by atoms with Crippen molar-refractivity contribution in [2.45, 2.75) is 20.3 Å². The van der Waals surface area contributed by atoms with Crippen LogP contribution < -0.4 is 11.1 Å². The number of carbonyl (C=O) groups excluding carboxylic acids is 3. The molecule has 0 spiro atoms. The highest BCUT2D eigenvalue weighted by Gasteiger charge is 2.20. The van der Waals surface area contributed by atoms with E-state index in [2.05, 4.69) is 5.32 Å². The molecule has 0 aliphatic rings. The highest BCUT2D eigenvalue weighted by molar-refractivity contribution is 6.02. The lowest BCUT2D eigenvalue weighted by Gasteiger charge is -2.13. The van der Waals surface area contributed by atoms with Gasteiger partial charge in [-0.3, -0.25) is 14.4 Å². The molecular formula is C19H19FN2O3. The standard InChI is InChI=1S/C19H19FN2O3/c1-11(18(24)13-5-3-6-14(20)10-13)9-17(23)22-16-8-4-7-15(12(16)2)19(21)25/h3-8,10-11H,9H2,1-2H3,(H2,21,25)(H,22,23)/t11-/m0/s1. The van der Waals surface area contributed by atoms with Crippen molar-refractivity contribution in [3.8, 4) is 0 Å². The molecule has 0 fully saturated rings. The first kappa shape index (κ1) is 18.3. The van der Waals surface area contributed by atoms with Crippen molar-refractivity contribution in [3.05, 3.63) is 65.0 Å². The lowest BCUT2D eigenvalue weighted by molar-refractivity contribution is -0.116. The SMILES string of the molecule is Cc1c(NC(=O)C[C@H](C)C(=O)c2cccc(F)c2)cccc1C(N)=O. The number of Topliss-reactive ketones (excluding diaryl/α,β-unsaturated/α-hetero) is 1. The summed E-state index contributed by atoms with van der Waals surface area (Å²) in [6.45, 7) is 3.29. The van der Waals surface area contributed by atoms with Gasteiger partial charge in [0.05, 0.1) is 0 Å². The van der Waals surface area contributed by atoms with Crippen LogP contribution in [-0.4, -0.2) is 17.6 Å². The number of anilines is 1. The van der Waals surface area contributed by atoms with E-state index >= 15 is 0 Å². The van der Waals surface area contributed by atoms with Crippen LogP contribution in [0, 0.1) is 18.7 Å². The maximum absolute atomic E-state index is 13.2. The summed E-state index contributed by atoms with van der Waals surface area (Å²) >= 11 is 0. The average molecular weight is 342 g/mol. The van der Waals surface area contributed by atoms with Crippen LogP contribution >= 0.6 is 0 Å². The Morgan fingerprint density at radius 1 is 1.16 bits per heavy atom. The van der Waals surface area contributed by atoms with Gasteiger partial charge in [-0.1, -0.05) is 25.1 Å². The number of primary amides is 1. The van der Waals surface area contributed by atoms with E-state index in [1.165, 1.54) is 18.2 Å². The summed E-state index contributed by atoms with van der Waals surface area (Å²) in [5.41, 5.74) is 6.86. The van der Waals surface area contributed by atoms with E-state index in [0.29, 0.717) is 16.8 Å². The largest absolute Gasteiger partial charge is 0.366 e. The Labute approximate surface area is 145 Å². The lowest BCUT2D eigenvalue weighted by atomic mass is 9.96. The highest BCUT2D eigenvalue weighted by Crippen LogP contribution is 2.20. The number of halogens is 1. The van der Waals surface area contributed by atoms with Crippen molar-refractivity contribution in [2.24, 2.45) is 11.7 Å². The summed E-state index contributed by atoms with van der Waals surface area (Å²) in [4.78, 5) is 35.8. The molecule has 3 N–H and O–H groups in total. The van der Waals surface area contributed by atoms with Gasteiger partial charge in [0, 0.05) is 29.2 Å². The molecule has 0 heterocycles. The molecule has 0 unspecified atom stereocenters. The van der Waals surface area contributed by atoms with Gasteiger partial charge in [0.2, 0.25) is 11.8 Å². The number of benzene rings is 2. The van der Waals surface area contributed by atoms with Crippen LogP contribution in [0.4, 0.5) is 10.1 Å². The zero-order valence-electron chi connectivity index (χ0n) is 14.0. The van der Waals surface area contributed by atoms with Crippen LogP contribution in [-0.2, 0) is 4.79 Å². The number of rotatable bonds is 6. The molecule has 2 amide bonds. The summed E-state index contributed by atoms with van der Waals surface area (Å²) in [6.07, 6.45) is -0.0599. The average Bonchev–Trinajstić information content (AvgIpc) is 2.55. The van der Waals surface area contributed by atoms with E-state index < -0.39 is 17.6 Å². The first-order valence-electron chi connectivity index (χ1n) is 7.78. The third kappa shape index (κ3) is 4.50. The van der Waals surface area contributed by atoms with Crippen molar-refractivity contribution >= 4 is 23.3 Å². The van der Waals surface area contributed by atoms with Crippen molar-refractivity contribution < 1.29 is 18.8 Å². The second-order valence-electron chi connectivity index (χ2n) is 5.87. The lowest BCUT2D eigenvalue weighted by Crippen LogP contribution is -2.21. The van der Waals surface area contributed by atoms with Crippen molar-refractivity contribution in [1.82, 2.24) is 0 Å². The zero-order valence-corrected chi connectivity index (χ0v) is 14.0. The minimum atomic E-state index is -0.610. The van der Waals surface area contributed by atoms with Crippen LogP contribution in [0.5, 0.6) is 0 Å². The van der Waals surface area contributed by atoms with Gasteiger partial charge in [-0.2, -0.15) is 0 Å². The maximum atomic E-state index is 13.2. The predicted molar refractivity (Wildman–Crippen MR) is 92.8 cm³/mol. The number of carbonyl (C=O) groups is 3. The topological polar surface area (TPSA) is 89.3 Å². The number of hydrogen-bond acceptors (Lipinski definition) is 3. The molecule has 0 aliphatic carbocycles. The molecule has 0 radical (unpaired) electrons. The van der Waals surface area contributed by atoms with Gasteiger partial charge in [0.15, 0.2) is 5.78 Å². The number of ketones is 1. The van der Waals surface area contributed by atoms with Gasteiger partial charge >= 0.3 is 0 Å². The van der Waals surface area contributed by atoms with E-state index in [1.54, 1.807) is 32.0 Å². The Morgan fingerprint density at radius 2 is 1.84 bits per heavy atom. The normalized spacial score (nSPS) is 11.6. The minimum Gasteiger partial charge on any atom is -0.366 e. The van der Waals surface area contributed by atoms with Gasteiger partial charge in [0.25, 0.3) is 0 Å². The molecule has 1 atom stereocenters.